The van der Waals surface area contributed by atoms with Crippen LogP contribution in [0.2, 0.25) is 0 Å². The molecule has 7 nitrogen and oxygen atoms in total. The van der Waals surface area contributed by atoms with Gasteiger partial charge in [-0.2, -0.15) is 5.10 Å². The zero-order valence-corrected chi connectivity index (χ0v) is 17.7. The molecule has 0 heterocycles. The number of nitrogens with one attached hydrogen (secondary N) is 2. The van der Waals surface area contributed by atoms with Gasteiger partial charge in [0.05, 0.1) is 22.6 Å². The molecule has 0 unspecified atom stereocenters. The maximum absolute atomic E-state index is 13.5. The number of methoxy groups -OCH3 is 1. The third-order valence-corrected chi connectivity index (χ3v) is 4.27. The van der Waals surface area contributed by atoms with Crippen LogP contribution in [0.15, 0.2) is 54.2 Å². The molecule has 2 N–H and O–H groups in total. The Balaban J connectivity index is 1.94. The lowest BCUT2D eigenvalue weighted by Gasteiger charge is -2.12. The Morgan fingerprint density at radius 2 is 2.03 bits per heavy atom. The van der Waals surface area contributed by atoms with Crippen molar-refractivity contribution in [3.05, 3.63) is 64.0 Å². The first kappa shape index (κ1) is 22.3. The normalized spacial score (nSPS) is 10.4. The summed E-state index contributed by atoms with van der Waals surface area (Å²) in [7, 11) is 1.52. The van der Waals surface area contributed by atoms with Crippen LogP contribution >= 0.6 is 22.6 Å². The Kier molecular flexibility index (Phi) is 8.59. The molecule has 2 aromatic carbocycles. The predicted octanol–water partition coefficient (Wildman–Crippen LogP) is 3.48. The fourth-order valence-corrected chi connectivity index (χ4v) is 3.00. The van der Waals surface area contributed by atoms with Gasteiger partial charge in [0, 0.05) is 0 Å². The van der Waals surface area contributed by atoms with Crippen molar-refractivity contribution in [1.29, 1.82) is 0 Å². The molecule has 2 amide bonds. The van der Waals surface area contributed by atoms with Crippen LogP contribution in [0.1, 0.15) is 12.0 Å². The molecule has 0 atom stereocenters. The average molecular weight is 511 g/mol. The number of anilines is 1. The Morgan fingerprint density at radius 3 is 2.72 bits per heavy atom. The van der Waals surface area contributed by atoms with Crippen LogP contribution in [0.5, 0.6) is 11.5 Å². The molecule has 0 fully saturated rings. The summed E-state index contributed by atoms with van der Waals surface area (Å²) in [4.78, 5) is 23.7. The van der Waals surface area contributed by atoms with Gasteiger partial charge in [0.15, 0.2) is 11.5 Å². The fraction of sp³-hybridized carbons (Fsp3) is 0.150. The van der Waals surface area contributed by atoms with Crippen LogP contribution < -0.4 is 20.2 Å². The van der Waals surface area contributed by atoms with Gasteiger partial charge in [-0.05, 0) is 52.4 Å². The summed E-state index contributed by atoms with van der Waals surface area (Å²) in [5.41, 5.74) is 2.93. The van der Waals surface area contributed by atoms with Crippen LogP contribution in [0.4, 0.5) is 10.1 Å². The number of hydrogen-bond acceptors (Lipinski definition) is 5. The fourth-order valence-electron chi connectivity index (χ4n) is 2.22. The minimum absolute atomic E-state index is 0.00855. The maximum atomic E-state index is 13.5. The van der Waals surface area contributed by atoms with Crippen LogP contribution in [0.3, 0.4) is 0 Å². The summed E-state index contributed by atoms with van der Waals surface area (Å²) in [6, 6.07) is 9.18. The van der Waals surface area contributed by atoms with Crippen LogP contribution in [0, 0.1) is 9.39 Å². The van der Waals surface area contributed by atoms with Gasteiger partial charge in [-0.1, -0.05) is 24.8 Å². The van der Waals surface area contributed by atoms with Gasteiger partial charge < -0.3 is 14.8 Å². The summed E-state index contributed by atoms with van der Waals surface area (Å²) in [6.45, 7) is 3.94. The van der Waals surface area contributed by atoms with Crippen molar-refractivity contribution in [1.82, 2.24) is 5.43 Å². The van der Waals surface area contributed by atoms with Gasteiger partial charge in [0.2, 0.25) is 11.8 Å². The predicted molar refractivity (Wildman–Crippen MR) is 117 cm³/mol. The standard InChI is InChI=1S/C20H19FIN3O4/c1-3-8-29-20-15(22)9-13(10-17(20)28-2)12-23-25-19(27)11-18(26)24-16-7-5-4-6-14(16)21/h3-7,9-10,12H,1,8,11H2,2H3,(H,24,26)(H,25,27). The number of ether oxygens (including phenoxy) is 2. The first-order chi connectivity index (χ1) is 13.9. The molecule has 0 radical (unpaired) electrons. The number of halogens is 2. The van der Waals surface area contributed by atoms with Crippen molar-refractivity contribution in [2.24, 2.45) is 5.10 Å². The van der Waals surface area contributed by atoms with Gasteiger partial charge in [-0.15, -0.1) is 0 Å². The van der Waals surface area contributed by atoms with Gasteiger partial charge >= 0.3 is 0 Å². The highest BCUT2D eigenvalue weighted by molar-refractivity contribution is 14.1. The van der Waals surface area contributed by atoms with Gasteiger partial charge in [-0.25, -0.2) is 9.82 Å². The van der Waals surface area contributed by atoms with Gasteiger partial charge in [0.25, 0.3) is 0 Å². The summed E-state index contributed by atoms with van der Waals surface area (Å²) in [6.07, 6.45) is 2.54. The summed E-state index contributed by atoms with van der Waals surface area (Å²) in [5.74, 6) is -0.774. The minimum Gasteiger partial charge on any atom is -0.493 e. The SMILES string of the molecule is C=CCOc1c(I)cc(C=NNC(=O)CC(=O)Nc2ccccc2F)cc1OC. The van der Waals surface area contributed by atoms with Crippen molar-refractivity contribution < 1.29 is 23.5 Å². The molecule has 0 aliphatic carbocycles. The zero-order valence-electron chi connectivity index (χ0n) is 15.6. The van der Waals surface area contributed by atoms with E-state index >= 15 is 0 Å². The summed E-state index contributed by atoms with van der Waals surface area (Å²) < 4.78 is 25.2. The monoisotopic (exact) mass is 511 g/mol. The number of amides is 2. The number of carbonyl (C=O) groups excluding carboxylic acids is 2. The summed E-state index contributed by atoms with van der Waals surface area (Å²) in [5, 5.41) is 6.16. The van der Waals surface area contributed by atoms with E-state index < -0.39 is 24.1 Å². The molecule has 152 valence electrons. The number of hydrogen-bond donors (Lipinski definition) is 2. The van der Waals surface area contributed by atoms with Crippen LogP contribution in [-0.2, 0) is 9.59 Å². The highest BCUT2D eigenvalue weighted by atomic mass is 127. The van der Waals surface area contributed by atoms with Crippen molar-refractivity contribution in [3.8, 4) is 11.5 Å². The molecule has 9 heteroatoms. The Hall–Kier alpha value is -2.95. The van der Waals surface area contributed by atoms with E-state index in [0.717, 1.165) is 3.57 Å². The third kappa shape index (κ3) is 6.86. The van der Waals surface area contributed by atoms with Crippen LogP contribution in [-0.4, -0.2) is 31.7 Å². The zero-order chi connectivity index (χ0) is 21.2. The molecule has 0 saturated carbocycles. The van der Waals surface area contributed by atoms with E-state index in [1.165, 1.54) is 31.5 Å². The molecule has 0 bridgehead atoms. The highest BCUT2D eigenvalue weighted by Crippen LogP contribution is 2.33. The number of para-hydroxylation sites is 1. The first-order valence-corrected chi connectivity index (χ1v) is 9.50. The molecule has 0 spiro atoms. The molecule has 0 aliphatic rings. The average Bonchev–Trinajstić information content (AvgIpc) is 2.68. The Labute approximate surface area is 181 Å². The highest BCUT2D eigenvalue weighted by Gasteiger charge is 2.12. The largest absolute Gasteiger partial charge is 0.493 e. The third-order valence-electron chi connectivity index (χ3n) is 3.47. The molecule has 2 rings (SSSR count). The van der Waals surface area contributed by atoms with Crippen LogP contribution in [0.25, 0.3) is 0 Å². The molecule has 2 aromatic rings. The smallest absolute Gasteiger partial charge is 0.249 e. The van der Waals surface area contributed by atoms with Crippen molar-refractivity contribution in [2.75, 3.05) is 19.0 Å². The number of nitrogens with zero attached hydrogens (tertiary/aromatic N) is 1. The molecular weight excluding hydrogens is 492 g/mol. The van der Waals surface area contributed by atoms with E-state index in [-0.39, 0.29) is 5.69 Å². The van der Waals surface area contributed by atoms with E-state index in [0.29, 0.717) is 23.7 Å². The van der Waals surface area contributed by atoms with Crippen molar-refractivity contribution in [2.45, 2.75) is 6.42 Å². The van der Waals surface area contributed by atoms with Gasteiger partial charge in [0.1, 0.15) is 18.8 Å². The lowest BCUT2D eigenvalue weighted by atomic mass is 10.2. The number of carbonyl (C=O) groups is 2. The number of rotatable bonds is 9. The van der Waals surface area contributed by atoms with E-state index in [9.17, 15) is 14.0 Å². The topological polar surface area (TPSA) is 89.0 Å². The van der Waals surface area contributed by atoms with Gasteiger partial charge in [-0.3, -0.25) is 9.59 Å². The molecule has 0 aliphatic heterocycles. The Bertz CT molecular complexity index is 934. The van der Waals surface area contributed by atoms with Crippen molar-refractivity contribution in [3.63, 3.8) is 0 Å². The lowest BCUT2D eigenvalue weighted by molar-refractivity contribution is -0.126. The maximum Gasteiger partial charge on any atom is 0.249 e. The molecular formula is C20H19FIN3O4. The molecule has 0 aromatic heterocycles. The molecule has 0 saturated heterocycles. The lowest BCUT2D eigenvalue weighted by Crippen LogP contribution is -2.24. The second kappa shape index (κ2) is 11.1. The van der Waals surface area contributed by atoms with E-state index in [4.69, 9.17) is 9.47 Å². The van der Waals surface area contributed by atoms with E-state index in [1.54, 1.807) is 24.3 Å². The Morgan fingerprint density at radius 1 is 1.28 bits per heavy atom. The first-order valence-electron chi connectivity index (χ1n) is 8.42. The quantitative estimate of drug-likeness (QED) is 0.178. The van der Waals surface area contributed by atoms with E-state index in [2.05, 4.69) is 45.0 Å². The number of benzene rings is 2. The second-order valence-corrected chi connectivity index (χ2v) is 6.79. The molecule has 29 heavy (non-hydrogen) atoms. The van der Waals surface area contributed by atoms with Crippen molar-refractivity contribution >= 4 is 46.3 Å². The second-order valence-electron chi connectivity index (χ2n) is 5.63. The van der Waals surface area contributed by atoms with E-state index in [1.807, 2.05) is 0 Å². The number of hydrazone groups is 1. The minimum atomic E-state index is -0.650. The summed E-state index contributed by atoms with van der Waals surface area (Å²) >= 11 is 2.10.